The predicted octanol–water partition coefficient (Wildman–Crippen LogP) is 1.47. The summed E-state index contributed by atoms with van der Waals surface area (Å²) in [6.45, 7) is 0.540. The second-order valence-electron chi connectivity index (χ2n) is 3.07. The standard InChI is InChI=1S/C10H12N2O3S/c11-5-6-16-7-10(13)8-1-3-9(4-2-8)12(14)15/h1-4H,5-7,11H2. The van der Waals surface area contributed by atoms with Crippen LogP contribution in [0, 0.1) is 10.1 Å². The van der Waals surface area contributed by atoms with E-state index in [1.54, 1.807) is 0 Å². The van der Waals surface area contributed by atoms with E-state index in [1.165, 1.54) is 36.0 Å². The SMILES string of the molecule is NCCSCC(=O)c1ccc([N+](=O)[O-])cc1. The Bertz CT molecular complexity index is 378. The molecule has 1 rings (SSSR count). The first-order valence-corrected chi connectivity index (χ1v) is 5.86. The van der Waals surface area contributed by atoms with Gasteiger partial charge < -0.3 is 5.73 Å². The van der Waals surface area contributed by atoms with Gasteiger partial charge in [-0.3, -0.25) is 14.9 Å². The van der Waals surface area contributed by atoms with Crippen molar-refractivity contribution in [2.24, 2.45) is 5.73 Å². The van der Waals surface area contributed by atoms with Crippen LogP contribution < -0.4 is 5.73 Å². The van der Waals surface area contributed by atoms with E-state index < -0.39 is 4.92 Å². The lowest BCUT2D eigenvalue weighted by Crippen LogP contribution is -2.07. The molecule has 86 valence electrons. The Morgan fingerprint density at radius 3 is 2.50 bits per heavy atom. The van der Waals surface area contributed by atoms with Crippen molar-refractivity contribution in [2.75, 3.05) is 18.1 Å². The molecule has 0 fully saturated rings. The number of benzene rings is 1. The quantitative estimate of drug-likeness (QED) is 0.352. The highest BCUT2D eigenvalue weighted by molar-refractivity contribution is 8.00. The molecule has 0 spiro atoms. The van der Waals surface area contributed by atoms with Crippen LogP contribution in [0.25, 0.3) is 0 Å². The van der Waals surface area contributed by atoms with E-state index >= 15 is 0 Å². The molecule has 0 aliphatic rings. The zero-order valence-electron chi connectivity index (χ0n) is 8.59. The molecule has 0 atom stereocenters. The molecule has 0 unspecified atom stereocenters. The molecule has 0 amide bonds. The van der Waals surface area contributed by atoms with Crippen molar-refractivity contribution in [3.63, 3.8) is 0 Å². The van der Waals surface area contributed by atoms with Crippen LogP contribution in [0.1, 0.15) is 10.4 Å². The first kappa shape index (κ1) is 12.7. The number of non-ortho nitro benzene ring substituents is 1. The predicted molar refractivity (Wildman–Crippen MR) is 63.8 cm³/mol. The minimum absolute atomic E-state index is 0.00818. The first-order chi connectivity index (χ1) is 7.65. The number of ketones is 1. The van der Waals surface area contributed by atoms with Crippen LogP contribution in [0.3, 0.4) is 0 Å². The third kappa shape index (κ3) is 3.63. The molecule has 0 aliphatic carbocycles. The fraction of sp³-hybridized carbons (Fsp3) is 0.300. The third-order valence-corrected chi connectivity index (χ3v) is 2.89. The van der Waals surface area contributed by atoms with E-state index in [2.05, 4.69) is 0 Å². The lowest BCUT2D eigenvalue weighted by Gasteiger charge is -2.00. The minimum Gasteiger partial charge on any atom is -0.330 e. The molecule has 16 heavy (non-hydrogen) atoms. The Hall–Kier alpha value is -1.40. The molecule has 6 heteroatoms. The van der Waals surface area contributed by atoms with Crippen molar-refractivity contribution in [1.82, 2.24) is 0 Å². The molecular weight excluding hydrogens is 228 g/mol. The fourth-order valence-electron chi connectivity index (χ4n) is 1.10. The Kier molecular flexibility index (Phi) is 4.94. The van der Waals surface area contributed by atoms with Gasteiger partial charge in [0.25, 0.3) is 5.69 Å². The Morgan fingerprint density at radius 1 is 1.38 bits per heavy atom. The minimum atomic E-state index is -0.489. The summed E-state index contributed by atoms with van der Waals surface area (Å²) < 4.78 is 0. The van der Waals surface area contributed by atoms with Crippen LogP contribution in [-0.4, -0.2) is 28.8 Å². The number of hydrogen-bond donors (Lipinski definition) is 1. The van der Waals surface area contributed by atoms with E-state index in [-0.39, 0.29) is 11.5 Å². The monoisotopic (exact) mass is 240 g/mol. The van der Waals surface area contributed by atoms with Gasteiger partial charge in [0.15, 0.2) is 5.78 Å². The number of rotatable bonds is 6. The van der Waals surface area contributed by atoms with E-state index in [0.717, 1.165) is 5.75 Å². The van der Waals surface area contributed by atoms with Crippen LogP contribution in [0.15, 0.2) is 24.3 Å². The zero-order chi connectivity index (χ0) is 12.0. The van der Waals surface area contributed by atoms with E-state index in [1.807, 2.05) is 0 Å². The van der Waals surface area contributed by atoms with Gasteiger partial charge in [0.2, 0.25) is 0 Å². The molecule has 1 aromatic carbocycles. The second kappa shape index (κ2) is 6.24. The van der Waals surface area contributed by atoms with Crippen LogP contribution in [0.2, 0.25) is 0 Å². The van der Waals surface area contributed by atoms with Gasteiger partial charge in [-0.1, -0.05) is 0 Å². The van der Waals surface area contributed by atoms with E-state index in [4.69, 9.17) is 5.73 Å². The van der Waals surface area contributed by atoms with Gasteiger partial charge in [-0.25, -0.2) is 0 Å². The number of carbonyl (C=O) groups excluding carboxylic acids is 1. The normalized spacial score (nSPS) is 10.1. The average Bonchev–Trinajstić information content (AvgIpc) is 2.29. The molecule has 0 heterocycles. The zero-order valence-corrected chi connectivity index (χ0v) is 9.40. The van der Waals surface area contributed by atoms with Crippen molar-refractivity contribution in [3.8, 4) is 0 Å². The largest absolute Gasteiger partial charge is 0.330 e. The molecular formula is C10H12N2O3S. The smallest absolute Gasteiger partial charge is 0.269 e. The highest BCUT2D eigenvalue weighted by Gasteiger charge is 2.09. The van der Waals surface area contributed by atoms with E-state index in [9.17, 15) is 14.9 Å². The van der Waals surface area contributed by atoms with Crippen molar-refractivity contribution in [1.29, 1.82) is 0 Å². The lowest BCUT2D eigenvalue weighted by atomic mass is 10.1. The highest BCUT2D eigenvalue weighted by Crippen LogP contribution is 2.13. The van der Waals surface area contributed by atoms with Crippen molar-refractivity contribution in [3.05, 3.63) is 39.9 Å². The Balaban J connectivity index is 2.59. The molecule has 0 aliphatic heterocycles. The van der Waals surface area contributed by atoms with Crippen LogP contribution >= 0.6 is 11.8 Å². The summed E-state index contributed by atoms with van der Waals surface area (Å²) in [5, 5.41) is 10.4. The molecule has 2 N–H and O–H groups in total. The molecule has 0 bridgehead atoms. The van der Waals surface area contributed by atoms with Gasteiger partial charge in [0.05, 0.1) is 10.7 Å². The summed E-state index contributed by atoms with van der Waals surface area (Å²) in [5.41, 5.74) is 5.79. The Labute approximate surface area is 97.2 Å². The van der Waals surface area contributed by atoms with Crippen LogP contribution in [0.4, 0.5) is 5.69 Å². The number of Topliss-reactive ketones (excluding diaryl/α,β-unsaturated/α-hetero) is 1. The molecule has 5 nitrogen and oxygen atoms in total. The van der Waals surface area contributed by atoms with Gasteiger partial charge in [0, 0.05) is 30.0 Å². The van der Waals surface area contributed by atoms with Crippen molar-refractivity contribution in [2.45, 2.75) is 0 Å². The van der Waals surface area contributed by atoms with Gasteiger partial charge in [-0.15, -0.1) is 0 Å². The third-order valence-electron chi connectivity index (χ3n) is 1.90. The average molecular weight is 240 g/mol. The molecule has 0 saturated heterocycles. The topological polar surface area (TPSA) is 86.2 Å². The number of nitrogens with zero attached hydrogens (tertiary/aromatic N) is 1. The second-order valence-corrected chi connectivity index (χ2v) is 4.17. The number of thioether (sulfide) groups is 1. The Morgan fingerprint density at radius 2 is 2.00 bits per heavy atom. The number of nitro groups is 1. The van der Waals surface area contributed by atoms with Crippen LogP contribution in [0.5, 0.6) is 0 Å². The maximum Gasteiger partial charge on any atom is 0.269 e. The summed E-state index contributed by atoms with van der Waals surface area (Å²) in [5.74, 6) is 1.06. The highest BCUT2D eigenvalue weighted by atomic mass is 32.2. The summed E-state index contributed by atoms with van der Waals surface area (Å²) in [6, 6.07) is 5.62. The maximum absolute atomic E-state index is 11.6. The number of hydrogen-bond acceptors (Lipinski definition) is 5. The van der Waals surface area contributed by atoms with Gasteiger partial charge >= 0.3 is 0 Å². The number of nitro benzene ring substituents is 1. The summed E-state index contributed by atoms with van der Waals surface area (Å²) in [4.78, 5) is 21.5. The molecule has 0 radical (unpaired) electrons. The van der Waals surface area contributed by atoms with Crippen LogP contribution in [-0.2, 0) is 0 Å². The maximum atomic E-state index is 11.6. The summed E-state index contributed by atoms with van der Waals surface area (Å²) >= 11 is 1.46. The van der Waals surface area contributed by atoms with Gasteiger partial charge in [-0.2, -0.15) is 11.8 Å². The fourth-order valence-corrected chi connectivity index (χ4v) is 1.76. The number of carbonyl (C=O) groups is 1. The van der Waals surface area contributed by atoms with Crippen molar-refractivity contribution < 1.29 is 9.72 Å². The molecule has 1 aromatic rings. The molecule has 0 saturated carbocycles. The van der Waals surface area contributed by atoms with Gasteiger partial charge in [-0.05, 0) is 12.1 Å². The summed E-state index contributed by atoms with van der Waals surface area (Å²) in [7, 11) is 0. The summed E-state index contributed by atoms with van der Waals surface area (Å²) in [6.07, 6.45) is 0. The van der Waals surface area contributed by atoms with Crippen molar-refractivity contribution >= 4 is 23.2 Å². The van der Waals surface area contributed by atoms with Gasteiger partial charge in [0.1, 0.15) is 0 Å². The first-order valence-electron chi connectivity index (χ1n) is 4.70. The number of nitrogens with two attached hydrogens (primary N) is 1. The molecule has 0 aromatic heterocycles. The lowest BCUT2D eigenvalue weighted by molar-refractivity contribution is -0.384. The van der Waals surface area contributed by atoms with E-state index in [0.29, 0.717) is 17.9 Å².